The van der Waals surface area contributed by atoms with E-state index < -0.39 is 0 Å². The summed E-state index contributed by atoms with van der Waals surface area (Å²) in [6.07, 6.45) is 2.65. The summed E-state index contributed by atoms with van der Waals surface area (Å²) in [7, 11) is 0. The number of ketones is 1. The molecule has 1 aromatic rings. The lowest BCUT2D eigenvalue weighted by atomic mass is 10.0. The highest BCUT2D eigenvalue weighted by Gasteiger charge is 2.08. The average molecular weight is 304 g/mol. The number of Topliss-reactive ketones (excluding diaryl/α,β-unsaturated/α-hetero) is 1. The van der Waals surface area contributed by atoms with Gasteiger partial charge in [0.1, 0.15) is 0 Å². The Morgan fingerprint density at radius 2 is 2.12 bits per heavy atom. The van der Waals surface area contributed by atoms with Crippen LogP contribution in [-0.4, -0.2) is 5.78 Å². The van der Waals surface area contributed by atoms with Crippen molar-refractivity contribution in [3.8, 4) is 0 Å². The number of benzene rings is 1. The molecule has 1 aromatic carbocycles. The first-order valence-corrected chi connectivity index (χ1v) is 6.66. The van der Waals surface area contributed by atoms with Crippen molar-refractivity contribution in [1.82, 2.24) is 0 Å². The van der Waals surface area contributed by atoms with Crippen molar-refractivity contribution in [1.29, 1.82) is 0 Å². The fourth-order valence-corrected chi connectivity index (χ4v) is 1.91. The summed E-state index contributed by atoms with van der Waals surface area (Å²) in [6, 6.07) is 5.36. The molecule has 0 radical (unpaired) electrons. The predicted octanol–water partition coefficient (Wildman–Crippen LogP) is 5.11. The van der Waals surface area contributed by atoms with E-state index in [1.165, 1.54) is 0 Å². The SMILES string of the molecule is CC(C)CCCC(=O)c1ccc(Br)c(Cl)c1. The molecule has 0 spiro atoms. The summed E-state index contributed by atoms with van der Waals surface area (Å²) >= 11 is 9.25. The second-order valence-electron chi connectivity index (χ2n) is 4.34. The van der Waals surface area contributed by atoms with Gasteiger partial charge >= 0.3 is 0 Å². The van der Waals surface area contributed by atoms with E-state index in [2.05, 4.69) is 29.8 Å². The van der Waals surface area contributed by atoms with Gasteiger partial charge in [-0.25, -0.2) is 0 Å². The Balaban J connectivity index is 2.56. The quantitative estimate of drug-likeness (QED) is 0.691. The smallest absolute Gasteiger partial charge is 0.162 e. The standard InChI is InChI=1S/C13H16BrClO/c1-9(2)4-3-5-13(16)10-6-7-11(14)12(15)8-10/h6-9H,3-5H2,1-2H3. The number of hydrogen-bond donors (Lipinski definition) is 0. The Hall–Kier alpha value is -0.340. The van der Waals surface area contributed by atoms with Crippen LogP contribution in [0.1, 0.15) is 43.5 Å². The number of rotatable bonds is 5. The Morgan fingerprint density at radius 1 is 1.44 bits per heavy atom. The second kappa shape index (κ2) is 6.41. The molecule has 0 heterocycles. The molecule has 0 atom stereocenters. The summed E-state index contributed by atoms with van der Waals surface area (Å²) in [5, 5.41) is 0.592. The normalized spacial score (nSPS) is 10.8. The second-order valence-corrected chi connectivity index (χ2v) is 5.60. The predicted molar refractivity (Wildman–Crippen MR) is 72.2 cm³/mol. The van der Waals surface area contributed by atoms with Gasteiger partial charge in [-0.1, -0.05) is 37.9 Å². The van der Waals surface area contributed by atoms with Crippen molar-refractivity contribution in [2.24, 2.45) is 5.92 Å². The van der Waals surface area contributed by atoms with Gasteiger partial charge in [0.15, 0.2) is 5.78 Å². The molecule has 0 unspecified atom stereocenters. The molecule has 16 heavy (non-hydrogen) atoms. The molecule has 0 saturated heterocycles. The molecule has 0 fully saturated rings. The summed E-state index contributed by atoms with van der Waals surface area (Å²) in [6.45, 7) is 4.34. The third-order valence-electron chi connectivity index (χ3n) is 2.43. The summed E-state index contributed by atoms with van der Waals surface area (Å²) in [4.78, 5) is 11.8. The lowest BCUT2D eigenvalue weighted by Gasteiger charge is -2.05. The molecule has 88 valence electrons. The molecule has 3 heteroatoms. The Bertz CT molecular complexity index is 374. The maximum Gasteiger partial charge on any atom is 0.162 e. The van der Waals surface area contributed by atoms with Gasteiger partial charge in [-0.2, -0.15) is 0 Å². The minimum Gasteiger partial charge on any atom is -0.294 e. The van der Waals surface area contributed by atoms with Crippen LogP contribution in [-0.2, 0) is 0 Å². The van der Waals surface area contributed by atoms with Crippen molar-refractivity contribution in [3.63, 3.8) is 0 Å². The fraction of sp³-hybridized carbons (Fsp3) is 0.462. The number of halogens is 2. The van der Waals surface area contributed by atoms with Crippen molar-refractivity contribution in [2.45, 2.75) is 33.1 Å². The zero-order valence-corrected chi connectivity index (χ0v) is 11.9. The number of carbonyl (C=O) groups excluding carboxylic acids is 1. The van der Waals surface area contributed by atoms with E-state index in [0.717, 1.165) is 17.3 Å². The first-order valence-electron chi connectivity index (χ1n) is 5.49. The molecular weight excluding hydrogens is 287 g/mol. The van der Waals surface area contributed by atoms with Crippen LogP contribution < -0.4 is 0 Å². The molecule has 1 nitrogen and oxygen atoms in total. The maximum absolute atomic E-state index is 11.8. The van der Waals surface area contributed by atoms with Gasteiger partial charge in [-0.05, 0) is 40.4 Å². The topological polar surface area (TPSA) is 17.1 Å². The van der Waals surface area contributed by atoms with Crippen molar-refractivity contribution < 1.29 is 4.79 Å². The van der Waals surface area contributed by atoms with Crippen LogP contribution in [0.3, 0.4) is 0 Å². The molecule has 0 aliphatic heterocycles. The Morgan fingerprint density at radius 3 is 2.69 bits per heavy atom. The molecule has 0 N–H and O–H groups in total. The third kappa shape index (κ3) is 4.26. The van der Waals surface area contributed by atoms with Crippen molar-refractivity contribution in [2.75, 3.05) is 0 Å². The van der Waals surface area contributed by atoms with Crippen molar-refractivity contribution >= 4 is 33.3 Å². The molecular formula is C13H16BrClO. The zero-order valence-electron chi connectivity index (χ0n) is 9.59. The fourth-order valence-electron chi connectivity index (χ4n) is 1.48. The van der Waals surface area contributed by atoms with Crippen LogP contribution in [0, 0.1) is 5.92 Å². The molecule has 0 bridgehead atoms. The van der Waals surface area contributed by atoms with Gasteiger partial charge in [0.2, 0.25) is 0 Å². The van der Waals surface area contributed by atoms with Gasteiger partial charge in [-0.3, -0.25) is 4.79 Å². The van der Waals surface area contributed by atoms with Crippen LogP contribution in [0.15, 0.2) is 22.7 Å². The van der Waals surface area contributed by atoms with E-state index in [0.29, 0.717) is 22.9 Å². The highest BCUT2D eigenvalue weighted by atomic mass is 79.9. The van der Waals surface area contributed by atoms with Gasteiger partial charge in [0.25, 0.3) is 0 Å². The van der Waals surface area contributed by atoms with E-state index in [4.69, 9.17) is 11.6 Å². The minimum absolute atomic E-state index is 0.176. The largest absolute Gasteiger partial charge is 0.294 e. The van der Waals surface area contributed by atoms with Crippen LogP contribution in [0.25, 0.3) is 0 Å². The van der Waals surface area contributed by atoms with Crippen LogP contribution in [0.2, 0.25) is 5.02 Å². The summed E-state index contributed by atoms with van der Waals surface area (Å²) in [5.41, 5.74) is 0.706. The lowest BCUT2D eigenvalue weighted by Crippen LogP contribution is -2.00. The van der Waals surface area contributed by atoms with E-state index in [-0.39, 0.29) is 5.78 Å². The Labute approximate surface area is 110 Å². The van der Waals surface area contributed by atoms with E-state index in [1.54, 1.807) is 6.07 Å². The summed E-state index contributed by atoms with van der Waals surface area (Å²) < 4.78 is 0.827. The molecule has 0 aliphatic carbocycles. The first kappa shape index (κ1) is 13.7. The third-order valence-corrected chi connectivity index (χ3v) is 3.66. The van der Waals surface area contributed by atoms with Crippen LogP contribution >= 0.6 is 27.5 Å². The maximum atomic E-state index is 11.8. The molecule has 0 amide bonds. The number of carbonyl (C=O) groups is 1. The van der Waals surface area contributed by atoms with E-state index in [9.17, 15) is 4.79 Å². The number of hydrogen-bond acceptors (Lipinski definition) is 1. The van der Waals surface area contributed by atoms with E-state index >= 15 is 0 Å². The van der Waals surface area contributed by atoms with Gasteiger partial charge in [0.05, 0.1) is 5.02 Å². The van der Waals surface area contributed by atoms with Gasteiger partial charge in [-0.15, -0.1) is 0 Å². The average Bonchev–Trinajstić information content (AvgIpc) is 2.21. The lowest BCUT2D eigenvalue weighted by molar-refractivity contribution is 0.0978. The molecule has 1 rings (SSSR count). The van der Waals surface area contributed by atoms with Crippen LogP contribution in [0.5, 0.6) is 0 Å². The first-order chi connectivity index (χ1) is 7.50. The monoisotopic (exact) mass is 302 g/mol. The van der Waals surface area contributed by atoms with Crippen molar-refractivity contribution in [3.05, 3.63) is 33.3 Å². The molecule has 0 aliphatic rings. The van der Waals surface area contributed by atoms with Crippen LogP contribution in [0.4, 0.5) is 0 Å². The highest BCUT2D eigenvalue weighted by Crippen LogP contribution is 2.24. The summed E-state index contributed by atoms with van der Waals surface area (Å²) in [5.74, 6) is 0.830. The minimum atomic E-state index is 0.176. The van der Waals surface area contributed by atoms with Gasteiger partial charge < -0.3 is 0 Å². The molecule has 0 aromatic heterocycles. The zero-order chi connectivity index (χ0) is 12.1. The van der Waals surface area contributed by atoms with Gasteiger partial charge in [0, 0.05) is 16.5 Å². The molecule has 0 saturated carbocycles. The highest BCUT2D eigenvalue weighted by molar-refractivity contribution is 9.10. The Kier molecular flexibility index (Phi) is 5.50. The van der Waals surface area contributed by atoms with E-state index in [1.807, 2.05) is 12.1 Å².